The molecule has 100 valence electrons. The molecular weight excluding hydrogens is 264 g/mol. The van der Waals surface area contributed by atoms with Gasteiger partial charge in [-0.1, -0.05) is 0 Å². The minimum Gasteiger partial charge on any atom is -0.370 e. The van der Waals surface area contributed by atoms with Crippen molar-refractivity contribution in [3.05, 3.63) is 16.1 Å². The molecule has 1 saturated heterocycles. The lowest BCUT2D eigenvalue weighted by Crippen LogP contribution is -2.42. The molecule has 1 aliphatic heterocycles. The van der Waals surface area contributed by atoms with Crippen molar-refractivity contribution >= 4 is 29.1 Å². The average Bonchev–Trinajstić information content (AvgIpc) is 2.81. The molecule has 0 bridgehead atoms. The third-order valence-electron chi connectivity index (χ3n) is 2.82. The number of rotatable bonds is 4. The quantitative estimate of drug-likeness (QED) is 0.520. The van der Waals surface area contributed by atoms with E-state index in [0.29, 0.717) is 5.96 Å². The van der Waals surface area contributed by atoms with Crippen molar-refractivity contribution in [3.63, 3.8) is 0 Å². The van der Waals surface area contributed by atoms with Crippen molar-refractivity contribution < 1.29 is 0 Å². The van der Waals surface area contributed by atoms with Gasteiger partial charge in [0.2, 0.25) is 0 Å². The maximum absolute atomic E-state index is 5.99. The van der Waals surface area contributed by atoms with Crippen LogP contribution < -0.4 is 5.73 Å². The van der Waals surface area contributed by atoms with Gasteiger partial charge >= 0.3 is 0 Å². The van der Waals surface area contributed by atoms with Gasteiger partial charge in [0.05, 0.1) is 5.01 Å². The maximum Gasteiger partial charge on any atom is 0.191 e. The van der Waals surface area contributed by atoms with Crippen LogP contribution in [0.15, 0.2) is 10.4 Å². The molecule has 1 aromatic heterocycles. The van der Waals surface area contributed by atoms with Crippen molar-refractivity contribution in [1.29, 1.82) is 0 Å². The van der Waals surface area contributed by atoms with Crippen molar-refractivity contribution in [2.45, 2.75) is 19.8 Å². The van der Waals surface area contributed by atoms with Gasteiger partial charge < -0.3 is 10.6 Å². The van der Waals surface area contributed by atoms with E-state index in [9.17, 15) is 0 Å². The van der Waals surface area contributed by atoms with Gasteiger partial charge in [0.1, 0.15) is 0 Å². The van der Waals surface area contributed by atoms with E-state index in [1.54, 1.807) is 11.3 Å². The molecule has 1 aromatic rings. The summed E-state index contributed by atoms with van der Waals surface area (Å²) in [5.74, 6) is 3.04. The Bertz CT molecular complexity index is 397. The number of hydrogen-bond acceptors (Lipinski definition) is 4. The number of aryl methyl sites for hydroxylation is 2. The van der Waals surface area contributed by atoms with Gasteiger partial charge in [0, 0.05) is 48.6 Å². The van der Waals surface area contributed by atoms with E-state index in [2.05, 4.69) is 20.3 Å². The lowest BCUT2D eigenvalue weighted by atomic mass is 10.3. The Kier molecular flexibility index (Phi) is 5.31. The highest BCUT2D eigenvalue weighted by atomic mass is 32.2. The topological polar surface area (TPSA) is 54.5 Å². The Morgan fingerprint density at radius 2 is 2.28 bits per heavy atom. The monoisotopic (exact) mass is 284 g/mol. The van der Waals surface area contributed by atoms with Gasteiger partial charge in [-0.15, -0.1) is 11.3 Å². The van der Waals surface area contributed by atoms with Gasteiger partial charge in [0.15, 0.2) is 5.96 Å². The molecule has 2 N–H and O–H groups in total. The molecule has 1 aliphatic rings. The highest BCUT2D eigenvalue weighted by Gasteiger charge is 2.11. The van der Waals surface area contributed by atoms with Gasteiger partial charge in [0.25, 0.3) is 0 Å². The number of nitrogens with zero attached hydrogens (tertiary/aromatic N) is 3. The van der Waals surface area contributed by atoms with E-state index in [-0.39, 0.29) is 0 Å². The molecule has 4 nitrogen and oxygen atoms in total. The van der Waals surface area contributed by atoms with E-state index in [1.807, 2.05) is 18.7 Å². The average molecular weight is 284 g/mol. The third-order valence-corrected chi connectivity index (χ3v) is 4.79. The first-order chi connectivity index (χ1) is 8.75. The van der Waals surface area contributed by atoms with Crippen LogP contribution in [0.3, 0.4) is 0 Å². The molecule has 0 radical (unpaired) electrons. The van der Waals surface area contributed by atoms with E-state index in [0.717, 1.165) is 49.7 Å². The van der Waals surface area contributed by atoms with Crippen LogP contribution in [0.25, 0.3) is 0 Å². The first-order valence-corrected chi connectivity index (χ1v) is 8.33. The number of hydrogen-bond donors (Lipinski definition) is 1. The summed E-state index contributed by atoms with van der Waals surface area (Å²) in [6, 6.07) is 0. The van der Waals surface area contributed by atoms with E-state index in [1.165, 1.54) is 5.01 Å². The van der Waals surface area contributed by atoms with Gasteiger partial charge in [-0.25, -0.2) is 4.98 Å². The van der Waals surface area contributed by atoms with E-state index >= 15 is 0 Å². The summed E-state index contributed by atoms with van der Waals surface area (Å²) in [7, 11) is 0. The second kappa shape index (κ2) is 6.99. The Hall–Kier alpha value is -0.750. The SMILES string of the molecule is Cc1csc(CCCN=C(N)N2CCSCC2)n1. The number of thiazole rings is 1. The predicted molar refractivity (Wildman–Crippen MR) is 80.6 cm³/mol. The number of aliphatic imine (C=N–C) groups is 1. The van der Waals surface area contributed by atoms with Crippen LogP contribution in [0.2, 0.25) is 0 Å². The standard InChI is InChI=1S/C12H20N4S2/c1-10-9-18-11(15-10)3-2-4-14-12(13)16-5-7-17-8-6-16/h9H,2-8H2,1H3,(H2,13,14). The molecular formula is C12H20N4S2. The summed E-state index contributed by atoms with van der Waals surface area (Å²) in [5.41, 5.74) is 7.10. The first kappa shape index (κ1) is 13.7. The second-order valence-corrected chi connectivity index (χ2v) is 6.49. The minimum atomic E-state index is 0.714. The Morgan fingerprint density at radius 3 is 2.94 bits per heavy atom. The predicted octanol–water partition coefficient (Wildman–Crippen LogP) is 1.75. The number of aromatic nitrogens is 1. The fourth-order valence-corrected chi connectivity index (χ4v) is 3.56. The Morgan fingerprint density at radius 1 is 1.50 bits per heavy atom. The maximum atomic E-state index is 5.99. The number of thioether (sulfide) groups is 1. The molecule has 2 heterocycles. The van der Waals surface area contributed by atoms with Crippen molar-refractivity contribution in [2.24, 2.45) is 10.7 Å². The number of guanidine groups is 1. The molecule has 0 saturated carbocycles. The van der Waals surface area contributed by atoms with Crippen LogP contribution in [0.5, 0.6) is 0 Å². The lowest BCUT2D eigenvalue weighted by Gasteiger charge is -2.27. The molecule has 6 heteroatoms. The molecule has 1 fully saturated rings. The van der Waals surface area contributed by atoms with Crippen LogP contribution >= 0.6 is 23.1 Å². The highest BCUT2D eigenvalue weighted by Crippen LogP contribution is 2.11. The van der Waals surface area contributed by atoms with Gasteiger partial charge in [-0.3, -0.25) is 4.99 Å². The first-order valence-electron chi connectivity index (χ1n) is 6.29. The molecule has 2 rings (SSSR count). The van der Waals surface area contributed by atoms with Crippen molar-refractivity contribution in [1.82, 2.24) is 9.88 Å². The Balaban J connectivity index is 1.70. The Labute approximate surface area is 117 Å². The van der Waals surface area contributed by atoms with Crippen molar-refractivity contribution in [2.75, 3.05) is 31.1 Å². The summed E-state index contributed by atoms with van der Waals surface area (Å²) in [6.45, 7) is 4.90. The molecule has 0 aliphatic carbocycles. The summed E-state index contributed by atoms with van der Waals surface area (Å²) in [5, 5.41) is 3.30. The van der Waals surface area contributed by atoms with Crippen LogP contribution in [0.4, 0.5) is 0 Å². The zero-order chi connectivity index (χ0) is 12.8. The van der Waals surface area contributed by atoms with Crippen LogP contribution in [0, 0.1) is 6.92 Å². The normalized spacial score (nSPS) is 17.2. The van der Waals surface area contributed by atoms with Gasteiger partial charge in [-0.05, 0) is 13.3 Å². The van der Waals surface area contributed by atoms with Crippen LogP contribution in [0.1, 0.15) is 17.1 Å². The second-order valence-electron chi connectivity index (χ2n) is 4.33. The fraction of sp³-hybridized carbons (Fsp3) is 0.667. The molecule has 0 unspecified atom stereocenters. The largest absolute Gasteiger partial charge is 0.370 e. The summed E-state index contributed by atoms with van der Waals surface area (Å²) in [6.07, 6.45) is 2.03. The zero-order valence-electron chi connectivity index (χ0n) is 10.8. The van der Waals surface area contributed by atoms with Gasteiger partial charge in [-0.2, -0.15) is 11.8 Å². The summed E-state index contributed by atoms with van der Waals surface area (Å²) in [4.78, 5) is 11.1. The van der Waals surface area contributed by atoms with Crippen molar-refractivity contribution in [3.8, 4) is 0 Å². The molecule has 18 heavy (non-hydrogen) atoms. The minimum absolute atomic E-state index is 0.714. The smallest absolute Gasteiger partial charge is 0.191 e. The number of nitrogens with two attached hydrogens (primary N) is 1. The third kappa shape index (κ3) is 4.17. The highest BCUT2D eigenvalue weighted by molar-refractivity contribution is 7.99. The molecule has 0 aromatic carbocycles. The molecule has 0 atom stereocenters. The fourth-order valence-electron chi connectivity index (χ4n) is 1.83. The summed E-state index contributed by atoms with van der Waals surface area (Å²) < 4.78 is 0. The van der Waals surface area contributed by atoms with Crippen LogP contribution in [-0.2, 0) is 6.42 Å². The molecule has 0 amide bonds. The zero-order valence-corrected chi connectivity index (χ0v) is 12.4. The summed E-state index contributed by atoms with van der Waals surface area (Å²) >= 11 is 3.72. The van der Waals surface area contributed by atoms with E-state index < -0.39 is 0 Å². The van der Waals surface area contributed by atoms with E-state index in [4.69, 9.17) is 5.73 Å². The van der Waals surface area contributed by atoms with Crippen LogP contribution in [-0.4, -0.2) is 47.0 Å². The lowest BCUT2D eigenvalue weighted by molar-refractivity contribution is 0.455. The molecule has 0 spiro atoms.